The van der Waals surface area contributed by atoms with Crippen LogP contribution in [0.5, 0.6) is 0 Å². The van der Waals surface area contributed by atoms with E-state index < -0.39 is 26.5 Å². The van der Waals surface area contributed by atoms with Crippen LogP contribution in [0.25, 0.3) is 0 Å². The lowest BCUT2D eigenvalue weighted by Crippen LogP contribution is -2.46. The molecule has 0 aromatic heterocycles. The largest absolute Gasteiger partial charge is 0.460 e. The van der Waals surface area contributed by atoms with Crippen LogP contribution in [0.1, 0.15) is 40.5 Å². The van der Waals surface area contributed by atoms with Crippen LogP contribution in [0.15, 0.2) is 0 Å². The van der Waals surface area contributed by atoms with Gasteiger partial charge in [0.2, 0.25) is 0 Å². The third-order valence-electron chi connectivity index (χ3n) is 4.08. The minimum Gasteiger partial charge on any atom is -0.460 e. The topological polar surface area (TPSA) is 96.2 Å². The second kappa shape index (κ2) is 8.98. The number of hydrogen-bond donors (Lipinski definition) is 3. The fourth-order valence-electron chi connectivity index (χ4n) is 1.85. The Balaban J connectivity index is 5.00. The first-order chi connectivity index (χ1) is 9.92. The number of rotatable bonds is 9. The number of aliphatic hydroxyl groups is 3. The quantitative estimate of drug-likeness (QED) is 0.435. The van der Waals surface area contributed by atoms with Gasteiger partial charge in [-0.2, -0.15) is 0 Å². The second-order valence-electron chi connectivity index (χ2n) is 7.22. The molecular weight excluding hydrogens is 304 g/mol. The van der Waals surface area contributed by atoms with Crippen LogP contribution in [0.2, 0.25) is 18.1 Å². The zero-order valence-electron chi connectivity index (χ0n) is 14.6. The minimum absolute atomic E-state index is 0.00837. The summed E-state index contributed by atoms with van der Waals surface area (Å²) in [7, 11) is -2.08. The van der Waals surface area contributed by atoms with Gasteiger partial charge in [0, 0.05) is 19.8 Å². The second-order valence-corrected chi connectivity index (χ2v) is 12.0. The molecule has 0 aliphatic carbocycles. The Kier molecular flexibility index (Phi) is 8.78. The Bertz CT molecular complexity index is 339. The van der Waals surface area contributed by atoms with Crippen molar-refractivity contribution < 1.29 is 29.3 Å². The number of carbonyl (C=O) groups is 1. The van der Waals surface area contributed by atoms with Crippen LogP contribution in [-0.4, -0.2) is 61.1 Å². The molecule has 3 N–H and O–H groups in total. The Morgan fingerprint density at radius 2 is 1.64 bits per heavy atom. The van der Waals surface area contributed by atoms with Crippen molar-refractivity contribution in [2.24, 2.45) is 0 Å². The van der Waals surface area contributed by atoms with Crippen molar-refractivity contribution in [2.75, 3.05) is 13.2 Å². The first kappa shape index (κ1) is 21.5. The number of hydrogen-bond acceptors (Lipinski definition) is 6. The van der Waals surface area contributed by atoms with Crippen molar-refractivity contribution in [1.29, 1.82) is 0 Å². The molecule has 0 aromatic rings. The first-order valence-electron chi connectivity index (χ1n) is 7.67. The summed E-state index contributed by atoms with van der Waals surface area (Å²) < 4.78 is 11.3. The Morgan fingerprint density at radius 3 is 2.00 bits per heavy atom. The van der Waals surface area contributed by atoms with E-state index in [1.807, 2.05) is 0 Å². The molecule has 0 bridgehead atoms. The van der Waals surface area contributed by atoms with E-state index >= 15 is 0 Å². The van der Waals surface area contributed by atoms with Gasteiger partial charge >= 0.3 is 5.97 Å². The van der Waals surface area contributed by atoms with Crippen molar-refractivity contribution in [3.8, 4) is 0 Å². The van der Waals surface area contributed by atoms with Gasteiger partial charge in [-0.25, -0.2) is 0 Å². The van der Waals surface area contributed by atoms with Crippen molar-refractivity contribution in [2.45, 2.75) is 77.0 Å². The monoisotopic (exact) mass is 336 g/mol. The zero-order valence-corrected chi connectivity index (χ0v) is 15.6. The lowest BCUT2D eigenvalue weighted by atomic mass is 10.1. The molecule has 6 nitrogen and oxygen atoms in total. The molecule has 0 unspecified atom stereocenters. The highest BCUT2D eigenvalue weighted by Crippen LogP contribution is 2.38. The van der Waals surface area contributed by atoms with E-state index in [2.05, 4.69) is 33.9 Å². The Hall–Kier alpha value is -0.473. The van der Waals surface area contributed by atoms with E-state index in [0.29, 0.717) is 6.42 Å². The molecule has 0 aliphatic heterocycles. The normalized spacial score (nSPS) is 17.0. The van der Waals surface area contributed by atoms with Gasteiger partial charge in [-0.05, 0) is 18.1 Å². The lowest BCUT2D eigenvalue weighted by Gasteiger charge is -2.40. The van der Waals surface area contributed by atoms with Gasteiger partial charge in [-0.1, -0.05) is 20.8 Å². The van der Waals surface area contributed by atoms with E-state index in [1.54, 1.807) is 0 Å². The first-order valence-corrected chi connectivity index (χ1v) is 10.6. The summed E-state index contributed by atoms with van der Waals surface area (Å²) in [5.74, 6) is -0.465. The number of esters is 1. The van der Waals surface area contributed by atoms with Crippen LogP contribution >= 0.6 is 0 Å². The molecule has 0 fully saturated rings. The van der Waals surface area contributed by atoms with Gasteiger partial charge in [-0.3, -0.25) is 4.79 Å². The van der Waals surface area contributed by atoms with E-state index in [0.717, 1.165) is 0 Å². The summed E-state index contributed by atoms with van der Waals surface area (Å²) in [6.45, 7) is 11.1. The SMILES string of the molecule is CC(=O)O[C@H](CO)C[C@@H](C[C@@H](O)CO)O[Si](C)(C)C(C)(C)C. The smallest absolute Gasteiger partial charge is 0.302 e. The Morgan fingerprint density at radius 1 is 1.09 bits per heavy atom. The number of aliphatic hydroxyl groups excluding tert-OH is 3. The van der Waals surface area contributed by atoms with Gasteiger partial charge < -0.3 is 24.5 Å². The standard InChI is InChI=1S/C15H32O6Si/c1-11(18)20-14(10-17)8-13(7-12(19)9-16)21-22(5,6)15(2,3)4/h12-14,16-17,19H,7-10H2,1-6H3/t12-,13-,14+/m1/s1. The lowest BCUT2D eigenvalue weighted by molar-refractivity contribution is -0.150. The molecule has 0 aromatic carbocycles. The highest BCUT2D eigenvalue weighted by Gasteiger charge is 2.40. The molecule has 0 saturated heterocycles. The van der Waals surface area contributed by atoms with Gasteiger partial charge in [0.15, 0.2) is 8.32 Å². The van der Waals surface area contributed by atoms with Gasteiger partial charge in [0.1, 0.15) is 6.10 Å². The molecule has 0 radical (unpaired) electrons. The highest BCUT2D eigenvalue weighted by molar-refractivity contribution is 6.74. The summed E-state index contributed by atoms with van der Waals surface area (Å²) >= 11 is 0. The predicted octanol–water partition coefficient (Wildman–Crippen LogP) is 1.43. The molecule has 0 spiro atoms. The maximum atomic E-state index is 11.1. The van der Waals surface area contributed by atoms with E-state index in [4.69, 9.17) is 14.3 Å². The van der Waals surface area contributed by atoms with Crippen molar-refractivity contribution in [3.05, 3.63) is 0 Å². The van der Waals surface area contributed by atoms with Crippen LogP contribution < -0.4 is 0 Å². The average molecular weight is 337 g/mol. The fraction of sp³-hybridized carbons (Fsp3) is 0.933. The molecule has 0 aliphatic rings. The highest BCUT2D eigenvalue weighted by atomic mass is 28.4. The minimum atomic E-state index is -2.08. The molecule has 132 valence electrons. The zero-order chi connectivity index (χ0) is 17.6. The average Bonchev–Trinajstić information content (AvgIpc) is 2.35. The maximum Gasteiger partial charge on any atom is 0.302 e. The molecular formula is C15H32O6Si. The molecule has 3 atom stereocenters. The summed E-state index contributed by atoms with van der Waals surface area (Å²) in [5, 5.41) is 28.1. The maximum absolute atomic E-state index is 11.1. The summed E-state index contributed by atoms with van der Waals surface area (Å²) in [5.41, 5.74) is 0. The van der Waals surface area contributed by atoms with E-state index in [-0.39, 0.29) is 30.8 Å². The van der Waals surface area contributed by atoms with Crippen LogP contribution in [0, 0.1) is 0 Å². The molecule has 0 amide bonds. The van der Waals surface area contributed by atoms with Crippen LogP contribution in [-0.2, 0) is 14.0 Å². The van der Waals surface area contributed by atoms with Crippen molar-refractivity contribution >= 4 is 14.3 Å². The summed E-state index contributed by atoms with van der Waals surface area (Å²) in [6.07, 6.45) is -1.43. The summed E-state index contributed by atoms with van der Waals surface area (Å²) in [6, 6.07) is 0. The number of carbonyl (C=O) groups excluding carboxylic acids is 1. The Labute approximate surface area is 134 Å². The predicted molar refractivity (Wildman–Crippen MR) is 87.0 cm³/mol. The molecule has 0 rings (SSSR count). The van der Waals surface area contributed by atoms with Gasteiger partial charge in [0.05, 0.1) is 25.4 Å². The molecule has 0 saturated carbocycles. The van der Waals surface area contributed by atoms with Gasteiger partial charge in [-0.15, -0.1) is 0 Å². The van der Waals surface area contributed by atoms with E-state index in [9.17, 15) is 15.0 Å². The third kappa shape index (κ3) is 7.69. The number of ether oxygens (including phenoxy) is 1. The van der Waals surface area contributed by atoms with E-state index in [1.165, 1.54) is 6.92 Å². The molecule has 22 heavy (non-hydrogen) atoms. The van der Waals surface area contributed by atoms with Crippen molar-refractivity contribution in [3.63, 3.8) is 0 Å². The fourth-order valence-corrected chi connectivity index (χ4v) is 3.23. The third-order valence-corrected chi connectivity index (χ3v) is 8.61. The molecule has 7 heteroatoms. The van der Waals surface area contributed by atoms with Crippen molar-refractivity contribution in [1.82, 2.24) is 0 Å². The summed E-state index contributed by atoms with van der Waals surface area (Å²) in [4.78, 5) is 11.1. The van der Waals surface area contributed by atoms with Crippen LogP contribution in [0.3, 0.4) is 0 Å². The van der Waals surface area contributed by atoms with Crippen LogP contribution in [0.4, 0.5) is 0 Å². The molecule has 0 heterocycles. The van der Waals surface area contributed by atoms with Gasteiger partial charge in [0.25, 0.3) is 0 Å².